The quantitative estimate of drug-likeness (QED) is 0.492. The molecule has 0 saturated heterocycles. The lowest BCUT2D eigenvalue weighted by molar-refractivity contribution is -0.469. The molecule has 1 aromatic heterocycles. The lowest BCUT2D eigenvalue weighted by Crippen LogP contribution is -2.31. The topological polar surface area (TPSA) is 77.3 Å². The number of carbonyl (C=O) groups is 1. The molecule has 6 nitrogen and oxygen atoms in total. The number of benzene rings is 1. The molecular weight excluding hydrogens is 272 g/mol. The van der Waals surface area contributed by atoms with Crippen molar-refractivity contribution in [3.8, 4) is 0 Å². The summed E-state index contributed by atoms with van der Waals surface area (Å²) in [5.41, 5.74) is 1.84. The first-order chi connectivity index (χ1) is 9.88. The molecule has 0 aliphatic heterocycles. The first-order valence-electron chi connectivity index (χ1n) is 6.43. The lowest BCUT2D eigenvalue weighted by Gasteiger charge is -2.16. The molecular formula is C15H16N2O4. The molecule has 1 aromatic carbocycles. The van der Waals surface area contributed by atoms with E-state index < -0.39 is 5.97 Å². The summed E-state index contributed by atoms with van der Waals surface area (Å²) >= 11 is 0. The Morgan fingerprint density at radius 1 is 1.38 bits per heavy atom. The minimum atomic E-state index is -0.841. The van der Waals surface area contributed by atoms with Gasteiger partial charge in [-0.15, -0.1) is 0 Å². The van der Waals surface area contributed by atoms with Crippen molar-refractivity contribution < 1.29 is 14.0 Å². The van der Waals surface area contributed by atoms with E-state index in [2.05, 4.69) is 6.58 Å². The van der Waals surface area contributed by atoms with E-state index in [1.165, 1.54) is 13.0 Å². The molecule has 2 rings (SSSR count). The number of hydrogen-bond donors (Lipinski definition) is 0. The number of fused-ring (bicyclic) bond motifs is 1. The van der Waals surface area contributed by atoms with Crippen molar-refractivity contribution in [1.29, 1.82) is 0 Å². The summed E-state index contributed by atoms with van der Waals surface area (Å²) in [5, 5.41) is 12.3. The Morgan fingerprint density at radius 3 is 2.62 bits per heavy atom. The molecule has 0 radical (unpaired) electrons. The number of hydrogen-bond acceptors (Lipinski definition) is 4. The third-order valence-electron chi connectivity index (χ3n) is 3.40. The van der Waals surface area contributed by atoms with Crippen LogP contribution in [0.3, 0.4) is 0 Å². The third-order valence-corrected chi connectivity index (χ3v) is 3.40. The van der Waals surface area contributed by atoms with Crippen molar-refractivity contribution in [1.82, 2.24) is 4.73 Å². The number of carbonyl (C=O) groups excluding carboxylic acids is 1. The van der Waals surface area contributed by atoms with Crippen LogP contribution in [-0.4, -0.2) is 17.3 Å². The van der Waals surface area contributed by atoms with Gasteiger partial charge in [0.1, 0.15) is 12.1 Å². The van der Waals surface area contributed by atoms with Crippen LogP contribution in [0.5, 0.6) is 0 Å². The zero-order valence-electron chi connectivity index (χ0n) is 12.2. The van der Waals surface area contributed by atoms with Crippen molar-refractivity contribution >= 4 is 17.0 Å². The standard InChI is InChI=1S/C15H16N2O4/c1-5-6-21-15(18)14-11(4)16(19)12-7-9(2)10(3)8-13(12)17(14)20/h5,7-8H,1,6H2,2-4H3. The third kappa shape index (κ3) is 2.40. The summed E-state index contributed by atoms with van der Waals surface area (Å²) < 4.78 is 5.91. The Labute approximate surface area is 121 Å². The van der Waals surface area contributed by atoms with Gasteiger partial charge in [-0.25, -0.2) is 4.79 Å². The highest BCUT2D eigenvalue weighted by molar-refractivity contribution is 5.88. The van der Waals surface area contributed by atoms with Gasteiger partial charge in [0.05, 0.1) is 10.1 Å². The average molecular weight is 288 g/mol. The van der Waals surface area contributed by atoms with Crippen LogP contribution in [0.4, 0.5) is 0 Å². The minimum Gasteiger partial charge on any atom is -0.805 e. The summed E-state index contributed by atoms with van der Waals surface area (Å²) in [4.78, 5) is 24.4. The summed E-state index contributed by atoms with van der Waals surface area (Å²) in [7, 11) is 0. The largest absolute Gasteiger partial charge is 0.805 e. The molecule has 0 amide bonds. The van der Waals surface area contributed by atoms with Gasteiger partial charge in [-0.05, 0) is 38.0 Å². The van der Waals surface area contributed by atoms with E-state index in [-0.39, 0.29) is 29.0 Å². The second-order valence-corrected chi connectivity index (χ2v) is 4.84. The van der Waals surface area contributed by atoms with Gasteiger partial charge in [0.15, 0.2) is 0 Å². The Morgan fingerprint density at radius 2 is 2.00 bits per heavy atom. The minimum absolute atomic E-state index is 0.00909. The Bertz CT molecular complexity index is 806. The fraction of sp³-hybridized carbons (Fsp3) is 0.267. The van der Waals surface area contributed by atoms with E-state index >= 15 is 0 Å². The van der Waals surface area contributed by atoms with Gasteiger partial charge in [-0.3, -0.25) is 0 Å². The van der Waals surface area contributed by atoms with Gasteiger partial charge >= 0.3 is 11.7 Å². The number of aromatic nitrogens is 2. The van der Waals surface area contributed by atoms with Crippen molar-refractivity contribution in [3.05, 3.63) is 57.4 Å². The second-order valence-electron chi connectivity index (χ2n) is 4.84. The molecule has 0 spiro atoms. The molecule has 6 heteroatoms. The highest BCUT2D eigenvalue weighted by atomic mass is 16.5. The fourth-order valence-corrected chi connectivity index (χ4v) is 2.09. The first kappa shape index (κ1) is 14.8. The molecule has 0 aliphatic carbocycles. The SMILES string of the molecule is C=CCOC(=O)c1c(C)n([O-])c2cc(C)c(C)cc2[n+]1=O. The summed E-state index contributed by atoms with van der Waals surface area (Å²) in [6, 6.07) is 3.23. The summed E-state index contributed by atoms with van der Waals surface area (Å²) in [6.07, 6.45) is 1.39. The number of aryl methyl sites for hydroxylation is 2. The van der Waals surface area contributed by atoms with Crippen molar-refractivity contribution in [3.63, 3.8) is 0 Å². The summed E-state index contributed by atoms with van der Waals surface area (Å²) in [6.45, 7) is 8.51. The zero-order chi connectivity index (χ0) is 15.7. The van der Waals surface area contributed by atoms with E-state index in [0.717, 1.165) is 11.1 Å². The van der Waals surface area contributed by atoms with Gasteiger partial charge in [-0.2, -0.15) is 0 Å². The summed E-state index contributed by atoms with van der Waals surface area (Å²) in [5.74, 6) is -0.841. The molecule has 110 valence electrons. The van der Waals surface area contributed by atoms with Gasteiger partial charge in [0, 0.05) is 11.0 Å². The molecule has 21 heavy (non-hydrogen) atoms. The molecule has 2 aromatic rings. The Kier molecular flexibility index (Phi) is 3.80. The van der Waals surface area contributed by atoms with Crippen LogP contribution in [0.25, 0.3) is 11.0 Å². The number of rotatable bonds is 3. The maximum atomic E-state index is 12.4. The van der Waals surface area contributed by atoms with E-state index in [1.54, 1.807) is 12.1 Å². The van der Waals surface area contributed by atoms with Crippen molar-refractivity contribution in [2.75, 3.05) is 6.61 Å². The molecule has 1 heterocycles. The average Bonchev–Trinajstić information content (AvgIpc) is 2.45. The molecule has 0 fully saturated rings. The van der Waals surface area contributed by atoms with Crippen LogP contribution < -0.4 is 4.43 Å². The first-order valence-corrected chi connectivity index (χ1v) is 6.43. The van der Waals surface area contributed by atoms with E-state index in [1.807, 2.05) is 13.8 Å². The molecule has 0 saturated carbocycles. The van der Waals surface area contributed by atoms with Gasteiger partial charge < -0.3 is 14.7 Å². The maximum Gasteiger partial charge on any atom is 0.411 e. The zero-order valence-corrected chi connectivity index (χ0v) is 12.2. The van der Waals surface area contributed by atoms with Crippen LogP contribution in [-0.2, 0) is 4.74 Å². The van der Waals surface area contributed by atoms with Gasteiger partial charge in [0.2, 0.25) is 0 Å². The smallest absolute Gasteiger partial charge is 0.411 e. The number of ether oxygens (including phenoxy) is 1. The van der Waals surface area contributed by atoms with Crippen LogP contribution in [0.15, 0.2) is 24.8 Å². The van der Waals surface area contributed by atoms with Crippen LogP contribution >= 0.6 is 0 Å². The normalized spacial score (nSPS) is 10.6. The molecule has 0 aliphatic rings. The molecule has 0 bridgehead atoms. The predicted octanol–water partition coefficient (Wildman–Crippen LogP) is 2.17. The van der Waals surface area contributed by atoms with E-state index in [9.17, 15) is 14.9 Å². The van der Waals surface area contributed by atoms with Crippen molar-refractivity contribution in [2.24, 2.45) is 0 Å². The van der Waals surface area contributed by atoms with Crippen LogP contribution in [0, 0.1) is 30.9 Å². The van der Waals surface area contributed by atoms with E-state index in [0.29, 0.717) is 9.16 Å². The highest BCUT2D eigenvalue weighted by Crippen LogP contribution is 2.19. The number of esters is 1. The number of nitrogens with zero attached hydrogens (tertiary/aromatic N) is 2. The Hall–Kier alpha value is -2.63. The predicted molar refractivity (Wildman–Crippen MR) is 78.8 cm³/mol. The monoisotopic (exact) mass is 288 g/mol. The van der Waals surface area contributed by atoms with E-state index in [4.69, 9.17) is 4.74 Å². The Balaban J connectivity index is 2.79. The van der Waals surface area contributed by atoms with Gasteiger partial charge in [0.25, 0.3) is 5.52 Å². The van der Waals surface area contributed by atoms with Crippen LogP contribution in [0.1, 0.15) is 27.3 Å². The molecule has 0 unspecified atom stereocenters. The fourth-order valence-electron chi connectivity index (χ4n) is 2.09. The van der Waals surface area contributed by atoms with Crippen LogP contribution in [0.2, 0.25) is 0 Å². The molecule has 0 N–H and O–H groups in total. The van der Waals surface area contributed by atoms with Gasteiger partial charge in [-0.1, -0.05) is 12.7 Å². The highest BCUT2D eigenvalue weighted by Gasteiger charge is 2.28. The van der Waals surface area contributed by atoms with Crippen molar-refractivity contribution in [2.45, 2.75) is 20.8 Å². The molecule has 0 atom stereocenters. The lowest BCUT2D eigenvalue weighted by atomic mass is 10.1. The second kappa shape index (κ2) is 5.40. The maximum absolute atomic E-state index is 12.4.